The lowest BCUT2D eigenvalue weighted by molar-refractivity contribution is -0.113. The van der Waals surface area contributed by atoms with E-state index in [1.165, 1.54) is 5.57 Å². The van der Waals surface area contributed by atoms with E-state index < -0.39 is 0 Å². The van der Waals surface area contributed by atoms with Crippen molar-refractivity contribution in [2.24, 2.45) is 5.41 Å². The first-order valence-electron chi connectivity index (χ1n) is 5.02. The van der Waals surface area contributed by atoms with Gasteiger partial charge in [0.1, 0.15) is 6.29 Å². The highest BCUT2D eigenvalue weighted by atomic mass is 16.1. The summed E-state index contributed by atoms with van der Waals surface area (Å²) in [7, 11) is 0. The van der Waals surface area contributed by atoms with Crippen LogP contribution in [0.3, 0.4) is 0 Å². The van der Waals surface area contributed by atoms with Crippen LogP contribution in [-0.2, 0) is 4.79 Å². The topological polar surface area (TPSA) is 17.1 Å². The van der Waals surface area contributed by atoms with Gasteiger partial charge in [0.25, 0.3) is 0 Å². The van der Waals surface area contributed by atoms with Crippen LogP contribution in [0.2, 0.25) is 0 Å². The molecule has 0 aliphatic heterocycles. The smallest absolute Gasteiger partial charge is 0.130 e. The molecule has 0 aromatic heterocycles. The Bertz CT molecular complexity index is 238. The van der Waals surface area contributed by atoms with Crippen LogP contribution >= 0.6 is 0 Å². The fourth-order valence-corrected chi connectivity index (χ4v) is 1.84. The third-order valence-electron chi connectivity index (χ3n) is 2.65. The summed E-state index contributed by atoms with van der Waals surface area (Å²) < 4.78 is 0. The van der Waals surface area contributed by atoms with E-state index in [1.54, 1.807) is 0 Å². The summed E-state index contributed by atoms with van der Waals surface area (Å²) in [6, 6.07) is 0. The summed E-state index contributed by atoms with van der Waals surface area (Å²) in [5.41, 5.74) is 1.19. The van der Waals surface area contributed by atoms with Crippen LogP contribution < -0.4 is 0 Å². The van der Waals surface area contributed by atoms with Crippen molar-refractivity contribution in [2.45, 2.75) is 39.5 Å². The van der Waals surface area contributed by atoms with Gasteiger partial charge in [-0.1, -0.05) is 30.7 Å². The summed E-state index contributed by atoms with van der Waals surface area (Å²) >= 11 is 0. The second-order valence-corrected chi connectivity index (χ2v) is 3.93. The molecule has 13 heavy (non-hydrogen) atoms. The van der Waals surface area contributed by atoms with Gasteiger partial charge in [-0.2, -0.15) is 0 Å². The third kappa shape index (κ3) is 2.55. The van der Waals surface area contributed by atoms with E-state index >= 15 is 0 Å². The zero-order valence-corrected chi connectivity index (χ0v) is 8.55. The maximum absolute atomic E-state index is 11.0. The Hall–Kier alpha value is -0.850. The largest absolute Gasteiger partial charge is 0.302 e. The number of carbonyl (C=O) groups excluding carboxylic acids is 1. The fraction of sp³-hybridized carbons (Fsp3) is 0.583. The molecule has 0 aromatic rings. The lowest BCUT2D eigenvalue weighted by Crippen LogP contribution is -2.15. The molecular formula is C12H18O. The van der Waals surface area contributed by atoms with Crippen LogP contribution in [0, 0.1) is 5.41 Å². The van der Waals surface area contributed by atoms with Gasteiger partial charge in [-0.15, -0.1) is 0 Å². The first kappa shape index (κ1) is 10.2. The molecule has 0 aromatic carbocycles. The Labute approximate surface area is 80.5 Å². The normalized spacial score (nSPS) is 28.0. The van der Waals surface area contributed by atoms with Crippen molar-refractivity contribution >= 4 is 6.29 Å². The second kappa shape index (κ2) is 4.40. The molecule has 0 fully saturated rings. The number of hydrogen-bond acceptors (Lipinski definition) is 1. The van der Waals surface area contributed by atoms with Gasteiger partial charge in [0, 0.05) is 5.41 Å². The Balaban J connectivity index is 2.61. The van der Waals surface area contributed by atoms with Gasteiger partial charge in [-0.25, -0.2) is 0 Å². The first-order valence-corrected chi connectivity index (χ1v) is 5.02. The molecule has 0 heterocycles. The van der Waals surface area contributed by atoms with Gasteiger partial charge < -0.3 is 4.79 Å². The number of hydrogen-bond donors (Lipinski definition) is 0. The molecule has 1 rings (SSSR count). The summed E-state index contributed by atoms with van der Waals surface area (Å²) in [6.45, 7) is 4.22. The van der Waals surface area contributed by atoms with E-state index in [0.717, 1.165) is 32.0 Å². The van der Waals surface area contributed by atoms with Crippen LogP contribution in [0.4, 0.5) is 0 Å². The highest BCUT2D eigenvalue weighted by Crippen LogP contribution is 2.37. The van der Waals surface area contributed by atoms with Gasteiger partial charge in [0.15, 0.2) is 0 Å². The van der Waals surface area contributed by atoms with E-state index in [1.807, 2.05) is 0 Å². The highest BCUT2D eigenvalue weighted by Gasteiger charge is 2.29. The molecule has 1 aliphatic rings. The third-order valence-corrected chi connectivity index (χ3v) is 2.65. The van der Waals surface area contributed by atoms with Crippen molar-refractivity contribution < 1.29 is 4.79 Å². The predicted octanol–water partition coefficient (Wildman–Crippen LogP) is 3.27. The molecular weight excluding hydrogens is 160 g/mol. The average molecular weight is 178 g/mol. The molecule has 1 heteroatoms. The molecule has 0 saturated carbocycles. The number of aldehydes is 1. The Morgan fingerprint density at radius 2 is 2.31 bits per heavy atom. The van der Waals surface area contributed by atoms with Gasteiger partial charge in [0.2, 0.25) is 0 Å². The van der Waals surface area contributed by atoms with Crippen molar-refractivity contribution in [1.82, 2.24) is 0 Å². The summed E-state index contributed by atoms with van der Waals surface area (Å²) in [6.07, 6.45) is 11.5. The molecule has 0 unspecified atom stereocenters. The molecule has 0 bridgehead atoms. The van der Waals surface area contributed by atoms with Crippen LogP contribution in [0.1, 0.15) is 39.5 Å². The van der Waals surface area contributed by atoms with E-state index in [0.29, 0.717) is 0 Å². The molecule has 0 N–H and O–H groups in total. The minimum Gasteiger partial charge on any atom is -0.302 e. The monoisotopic (exact) mass is 178 g/mol. The highest BCUT2D eigenvalue weighted by molar-refractivity contribution is 5.64. The first-order chi connectivity index (χ1) is 6.22. The van der Waals surface area contributed by atoms with E-state index in [-0.39, 0.29) is 5.41 Å². The van der Waals surface area contributed by atoms with Gasteiger partial charge in [0.05, 0.1) is 0 Å². The molecule has 0 amide bonds. The zero-order valence-electron chi connectivity index (χ0n) is 8.55. The minimum absolute atomic E-state index is 0.171. The molecule has 0 radical (unpaired) electrons. The van der Waals surface area contributed by atoms with E-state index in [4.69, 9.17) is 0 Å². The molecule has 0 saturated heterocycles. The molecule has 0 spiro atoms. The summed E-state index contributed by atoms with van der Waals surface area (Å²) in [5.74, 6) is 0. The Morgan fingerprint density at radius 1 is 1.54 bits per heavy atom. The molecule has 1 nitrogen and oxygen atoms in total. The maximum Gasteiger partial charge on any atom is 0.130 e. The SMILES string of the molecule is CC/C=C\C[C@]1(C=O)C=C(C)CC1. The Kier molecular flexibility index (Phi) is 3.47. The lowest BCUT2D eigenvalue weighted by Gasteiger charge is -2.16. The van der Waals surface area contributed by atoms with Crippen molar-refractivity contribution in [3.8, 4) is 0 Å². The molecule has 1 aliphatic carbocycles. The van der Waals surface area contributed by atoms with Crippen LogP contribution in [0.25, 0.3) is 0 Å². The summed E-state index contributed by atoms with van der Waals surface area (Å²) in [5, 5.41) is 0. The van der Waals surface area contributed by atoms with Crippen molar-refractivity contribution in [2.75, 3.05) is 0 Å². The molecule has 72 valence electrons. The summed E-state index contributed by atoms with van der Waals surface area (Å²) in [4.78, 5) is 11.0. The number of allylic oxidation sites excluding steroid dienone is 4. The van der Waals surface area contributed by atoms with Crippen molar-refractivity contribution in [3.63, 3.8) is 0 Å². The standard InChI is InChI=1S/C12H18O/c1-3-4-5-7-12(10-13)8-6-11(2)9-12/h4-5,9-10H,3,6-8H2,1-2H3/b5-4-/t12-/m1/s1. The molecule has 1 atom stereocenters. The van der Waals surface area contributed by atoms with Crippen LogP contribution in [0.5, 0.6) is 0 Å². The second-order valence-electron chi connectivity index (χ2n) is 3.93. The van der Waals surface area contributed by atoms with Gasteiger partial charge in [-0.05, 0) is 32.6 Å². The van der Waals surface area contributed by atoms with E-state index in [2.05, 4.69) is 32.1 Å². The van der Waals surface area contributed by atoms with Crippen molar-refractivity contribution in [1.29, 1.82) is 0 Å². The number of carbonyl (C=O) groups is 1. The minimum atomic E-state index is -0.171. The van der Waals surface area contributed by atoms with Gasteiger partial charge >= 0.3 is 0 Å². The van der Waals surface area contributed by atoms with Crippen molar-refractivity contribution in [3.05, 3.63) is 23.8 Å². The average Bonchev–Trinajstić information content (AvgIpc) is 2.49. The van der Waals surface area contributed by atoms with E-state index in [9.17, 15) is 4.79 Å². The fourth-order valence-electron chi connectivity index (χ4n) is 1.84. The Morgan fingerprint density at radius 3 is 2.77 bits per heavy atom. The quantitative estimate of drug-likeness (QED) is 0.477. The van der Waals surface area contributed by atoms with Gasteiger partial charge in [-0.3, -0.25) is 0 Å². The van der Waals surface area contributed by atoms with Crippen LogP contribution in [-0.4, -0.2) is 6.29 Å². The lowest BCUT2D eigenvalue weighted by atomic mass is 9.85. The predicted molar refractivity (Wildman–Crippen MR) is 55.5 cm³/mol. The number of rotatable bonds is 4. The van der Waals surface area contributed by atoms with Crippen LogP contribution in [0.15, 0.2) is 23.8 Å². The maximum atomic E-state index is 11.0. The zero-order chi connectivity index (χ0) is 9.73.